The van der Waals surface area contributed by atoms with Gasteiger partial charge < -0.3 is 14.5 Å². The quantitative estimate of drug-likeness (QED) is 0.866. The molecule has 2 heterocycles. The van der Waals surface area contributed by atoms with Crippen LogP contribution in [0.1, 0.15) is 6.42 Å². The fourth-order valence-corrected chi connectivity index (χ4v) is 1.80. The Bertz CT molecular complexity index is 540. The molecule has 17 heavy (non-hydrogen) atoms. The smallest absolute Gasteiger partial charge is 0.307 e. The molecule has 0 amide bonds. The summed E-state index contributed by atoms with van der Waals surface area (Å²) in [4.78, 5) is 19.4. The van der Waals surface area contributed by atoms with Crippen molar-refractivity contribution in [2.75, 3.05) is 19.0 Å². The first-order chi connectivity index (χ1) is 8.20. The van der Waals surface area contributed by atoms with E-state index in [1.807, 2.05) is 16.8 Å². The zero-order chi connectivity index (χ0) is 12.3. The highest BCUT2D eigenvalue weighted by molar-refractivity contribution is 9.10. The van der Waals surface area contributed by atoms with Crippen LogP contribution in [0, 0.1) is 0 Å². The Hall–Kier alpha value is -1.63. The molecule has 0 radical (unpaired) electrons. The van der Waals surface area contributed by atoms with Gasteiger partial charge in [0.2, 0.25) is 0 Å². The van der Waals surface area contributed by atoms with E-state index in [-0.39, 0.29) is 12.4 Å². The maximum Gasteiger partial charge on any atom is 0.307 e. The van der Waals surface area contributed by atoms with Crippen molar-refractivity contribution in [3.05, 3.63) is 23.2 Å². The van der Waals surface area contributed by atoms with Gasteiger partial charge in [-0.2, -0.15) is 0 Å². The number of ether oxygens (including phenoxy) is 1. The summed E-state index contributed by atoms with van der Waals surface area (Å²) < 4.78 is 7.10. The zero-order valence-electron chi connectivity index (χ0n) is 9.18. The largest absolute Gasteiger partial charge is 0.469 e. The Morgan fingerprint density at radius 3 is 3.24 bits per heavy atom. The molecule has 1 N–H and O–H groups in total. The lowest BCUT2D eigenvalue weighted by Gasteiger charge is -2.06. The average Bonchev–Trinajstić information content (AvgIpc) is 2.76. The normalized spacial score (nSPS) is 10.5. The van der Waals surface area contributed by atoms with Crippen molar-refractivity contribution in [1.82, 2.24) is 14.4 Å². The molecule has 90 valence electrons. The van der Waals surface area contributed by atoms with Crippen LogP contribution in [0.15, 0.2) is 23.2 Å². The summed E-state index contributed by atoms with van der Waals surface area (Å²) in [7, 11) is 1.37. The first-order valence-electron chi connectivity index (χ1n) is 5.00. The topological polar surface area (TPSA) is 68.5 Å². The molecule has 0 unspecified atom stereocenters. The van der Waals surface area contributed by atoms with Crippen LogP contribution in [0.2, 0.25) is 0 Å². The van der Waals surface area contributed by atoms with Crippen molar-refractivity contribution < 1.29 is 9.53 Å². The molecule has 0 spiro atoms. The number of rotatable bonds is 4. The molecule has 0 saturated heterocycles. The number of anilines is 1. The molecule has 6 nitrogen and oxygen atoms in total. The van der Waals surface area contributed by atoms with E-state index in [1.54, 1.807) is 6.20 Å². The van der Waals surface area contributed by atoms with E-state index in [1.165, 1.54) is 7.11 Å². The second-order valence-electron chi connectivity index (χ2n) is 3.32. The first kappa shape index (κ1) is 11.8. The lowest BCUT2D eigenvalue weighted by molar-refractivity contribution is -0.140. The van der Waals surface area contributed by atoms with Gasteiger partial charge in [-0.25, -0.2) is 9.97 Å². The van der Waals surface area contributed by atoms with Gasteiger partial charge >= 0.3 is 5.97 Å². The van der Waals surface area contributed by atoms with Gasteiger partial charge in [0.25, 0.3) is 0 Å². The summed E-state index contributed by atoms with van der Waals surface area (Å²) in [5.74, 6) is 0.375. The van der Waals surface area contributed by atoms with Crippen LogP contribution in [0.5, 0.6) is 0 Å². The van der Waals surface area contributed by atoms with E-state index in [0.717, 1.165) is 5.65 Å². The number of nitrogens with zero attached hydrogens (tertiary/aromatic N) is 3. The maximum atomic E-state index is 11.0. The number of hydrogen-bond donors (Lipinski definition) is 1. The Balaban J connectivity index is 2.12. The number of carbonyl (C=O) groups is 1. The van der Waals surface area contributed by atoms with Gasteiger partial charge in [0, 0.05) is 25.1 Å². The van der Waals surface area contributed by atoms with E-state index in [9.17, 15) is 4.79 Å². The van der Waals surface area contributed by atoms with Crippen LogP contribution in [0.3, 0.4) is 0 Å². The van der Waals surface area contributed by atoms with Gasteiger partial charge in [0.1, 0.15) is 4.60 Å². The highest BCUT2D eigenvalue weighted by Gasteiger charge is 2.06. The second-order valence-corrected chi connectivity index (χ2v) is 4.14. The van der Waals surface area contributed by atoms with Gasteiger partial charge in [0.05, 0.1) is 13.5 Å². The second kappa shape index (κ2) is 5.13. The minimum Gasteiger partial charge on any atom is -0.469 e. The van der Waals surface area contributed by atoms with Gasteiger partial charge in [-0.1, -0.05) is 0 Å². The summed E-state index contributed by atoms with van der Waals surface area (Å²) in [6, 6.07) is 0. The number of imidazole rings is 1. The fraction of sp³-hybridized carbons (Fsp3) is 0.300. The molecule has 0 aliphatic carbocycles. The van der Waals surface area contributed by atoms with Crippen molar-refractivity contribution >= 4 is 33.4 Å². The Kier molecular flexibility index (Phi) is 3.58. The minimum atomic E-state index is -0.258. The lowest BCUT2D eigenvalue weighted by Crippen LogP contribution is -2.11. The number of esters is 1. The first-order valence-corrected chi connectivity index (χ1v) is 5.80. The van der Waals surface area contributed by atoms with E-state index in [4.69, 9.17) is 0 Å². The molecule has 2 rings (SSSR count). The van der Waals surface area contributed by atoms with Crippen molar-refractivity contribution in [2.45, 2.75) is 6.42 Å². The standard InChI is InChI=1S/C10H11BrN4O2/c1-17-8(16)2-3-12-9-10-13-4-5-15(10)6-7(11)14-9/h4-6H,2-3H2,1H3,(H,12,14). The van der Waals surface area contributed by atoms with Gasteiger partial charge in [-0.05, 0) is 15.9 Å². The van der Waals surface area contributed by atoms with E-state index < -0.39 is 0 Å². The van der Waals surface area contributed by atoms with Crippen molar-refractivity contribution in [3.8, 4) is 0 Å². The zero-order valence-corrected chi connectivity index (χ0v) is 10.8. The molecule has 0 saturated carbocycles. The van der Waals surface area contributed by atoms with Gasteiger partial charge in [-0.15, -0.1) is 0 Å². The number of halogens is 1. The van der Waals surface area contributed by atoms with Gasteiger partial charge in [-0.3, -0.25) is 4.79 Å². The van der Waals surface area contributed by atoms with Crippen molar-refractivity contribution in [2.24, 2.45) is 0 Å². The predicted molar refractivity (Wildman–Crippen MR) is 65.8 cm³/mol. The number of aromatic nitrogens is 3. The summed E-state index contributed by atoms with van der Waals surface area (Å²) >= 11 is 3.31. The summed E-state index contributed by atoms with van der Waals surface area (Å²) in [6.07, 6.45) is 5.62. The number of methoxy groups -OCH3 is 1. The monoisotopic (exact) mass is 298 g/mol. The number of carbonyl (C=O) groups excluding carboxylic acids is 1. The predicted octanol–water partition coefficient (Wildman–Crippen LogP) is 1.47. The molecule has 2 aromatic heterocycles. The van der Waals surface area contributed by atoms with Crippen LogP contribution in [-0.4, -0.2) is 34.0 Å². The molecule has 0 atom stereocenters. The Labute approximate surface area is 106 Å². The minimum absolute atomic E-state index is 0.258. The van der Waals surface area contributed by atoms with Crippen LogP contribution in [-0.2, 0) is 9.53 Å². The van der Waals surface area contributed by atoms with Crippen LogP contribution in [0.25, 0.3) is 5.65 Å². The molecule has 0 aliphatic rings. The van der Waals surface area contributed by atoms with Crippen molar-refractivity contribution in [3.63, 3.8) is 0 Å². The van der Waals surface area contributed by atoms with E-state index in [0.29, 0.717) is 17.0 Å². The Morgan fingerprint density at radius 1 is 1.65 bits per heavy atom. The van der Waals surface area contributed by atoms with E-state index >= 15 is 0 Å². The van der Waals surface area contributed by atoms with Gasteiger partial charge in [0.15, 0.2) is 11.5 Å². The number of nitrogens with one attached hydrogen (secondary N) is 1. The molecule has 7 heteroatoms. The SMILES string of the molecule is COC(=O)CCNc1nc(Br)cn2ccnc12. The third kappa shape index (κ3) is 2.73. The molecule has 2 aromatic rings. The third-order valence-electron chi connectivity index (χ3n) is 2.19. The number of hydrogen-bond acceptors (Lipinski definition) is 5. The fourth-order valence-electron chi connectivity index (χ4n) is 1.40. The number of fused-ring (bicyclic) bond motifs is 1. The molecular formula is C10H11BrN4O2. The van der Waals surface area contributed by atoms with Crippen LogP contribution >= 0.6 is 15.9 Å². The van der Waals surface area contributed by atoms with Crippen LogP contribution < -0.4 is 5.32 Å². The van der Waals surface area contributed by atoms with Crippen LogP contribution in [0.4, 0.5) is 5.82 Å². The molecular weight excluding hydrogens is 288 g/mol. The summed E-state index contributed by atoms with van der Waals surface area (Å²) in [5, 5.41) is 3.05. The molecule has 0 fully saturated rings. The highest BCUT2D eigenvalue weighted by Crippen LogP contribution is 2.16. The Morgan fingerprint density at radius 2 is 2.47 bits per heavy atom. The summed E-state index contributed by atoms with van der Waals surface area (Å²) in [5.41, 5.74) is 0.720. The lowest BCUT2D eigenvalue weighted by atomic mass is 10.4. The van der Waals surface area contributed by atoms with E-state index in [2.05, 4.69) is 36.0 Å². The van der Waals surface area contributed by atoms with Crippen molar-refractivity contribution in [1.29, 1.82) is 0 Å². The molecule has 0 bridgehead atoms. The molecule has 0 aromatic carbocycles. The third-order valence-corrected chi connectivity index (χ3v) is 2.58. The highest BCUT2D eigenvalue weighted by atomic mass is 79.9. The summed E-state index contributed by atoms with van der Waals surface area (Å²) in [6.45, 7) is 0.457. The maximum absolute atomic E-state index is 11.0. The molecule has 0 aliphatic heterocycles. The average molecular weight is 299 g/mol.